The van der Waals surface area contributed by atoms with E-state index >= 15 is 0 Å². The molecule has 25 heavy (non-hydrogen) atoms. The molecule has 0 aliphatic heterocycles. The number of nitrogens with zero attached hydrogens (tertiary/aromatic N) is 1. The lowest BCUT2D eigenvalue weighted by molar-refractivity contribution is 0.599. The summed E-state index contributed by atoms with van der Waals surface area (Å²) in [5.41, 5.74) is 4.47. The normalized spacial score (nSPS) is 11.9. The highest BCUT2D eigenvalue weighted by molar-refractivity contribution is 7.78. The Morgan fingerprint density at radius 2 is 1.96 bits per heavy atom. The molecule has 4 heteroatoms. The van der Waals surface area contributed by atoms with Crippen molar-refractivity contribution in [3.8, 4) is 11.8 Å². The molecule has 0 radical (unpaired) electrons. The van der Waals surface area contributed by atoms with E-state index in [1.807, 2.05) is 23.4 Å². The Bertz CT molecular complexity index is 973. The van der Waals surface area contributed by atoms with Gasteiger partial charge >= 0.3 is 0 Å². The Balaban J connectivity index is 1.86. The van der Waals surface area contributed by atoms with E-state index < -0.39 is 11.6 Å². The van der Waals surface area contributed by atoms with Crippen LogP contribution in [0, 0.1) is 23.5 Å². The summed E-state index contributed by atoms with van der Waals surface area (Å²) in [4.78, 5) is 3.48. The van der Waals surface area contributed by atoms with Gasteiger partial charge in [0.2, 0.25) is 0 Å². The summed E-state index contributed by atoms with van der Waals surface area (Å²) in [6.45, 7) is 2.16. The van der Waals surface area contributed by atoms with Gasteiger partial charge in [-0.3, -0.25) is 0 Å². The first kappa shape index (κ1) is 17.2. The summed E-state index contributed by atoms with van der Waals surface area (Å²) in [6.07, 6.45) is 5.38. The van der Waals surface area contributed by atoms with Crippen LogP contribution >= 0.6 is 12.2 Å². The molecular weight excluding hydrogens is 336 g/mol. The van der Waals surface area contributed by atoms with Gasteiger partial charge < -0.3 is 0 Å². The minimum absolute atomic E-state index is 0.00823. The number of aliphatic imine (C=N–C) groups is 1. The Labute approximate surface area is 151 Å². The van der Waals surface area contributed by atoms with Crippen molar-refractivity contribution in [3.05, 3.63) is 69.8 Å². The molecule has 0 saturated carbocycles. The Hall–Kier alpha value is -2.60. The Morgan fingerprint density at radius 1 is 1.12 bits per heavy atom. The minimum atomic E-state index is -0.676. The minimum Gasteiger partial charge on any atom is -0.206 e. The lowest BCUT2D eigenvalue weighted by Crippen LogP contribution is -1.89. The number of thiocarbonyl (C=S) groups is 1. The van der Waals surface area contributed by atoms with E-state index in [2.05, 4.69) is 42.1 Å². The molecule has 0 bridgehead atoms. The van der Waals surface area contributed by atoms with Crippen LogP contribution in [0.25, 0.3) is 6.08 Å². The Kier molecular flexibility index (Phi) is 5.19. The maximum atomic E-state index is 14.0. The standard InChI is InChI=1S/C21H15F2NS/c1-2-3-15-9-16-6-4-14(8-18(16)10-15)5-7-17-11-20(23)21(24-13-25)12-19(17)22/h4,6,8-9,11-12H,2-3,10H2,1H3. The number of hydrogen-bond acceptors (Lipinski definition) is 2. The molecule has 2 aromatic carbocycles. The molecule has 124 valence electrons. The van der Waals surface area contributed by atoms with Crippen molar-refractivity contribution < 1.29 is 8.78 Å². The maximum Gasteiger partial charge on any atom is 0.151 e. The van der Waals surface area contributed by atoms with Crippen LogP contribution in [0.2, 0.25) is 0 Å². The molecule has 0 heterocycles. The van der Waals surface area contributed by atoms with Gasteiger partial charge in [-0.25, -0.2) is 8.78 Å². The highest BCUT2D eigenvalue weighted by atomic mass is 32.1. The van der Waals surface area contributed by atoms with Crippen molar-refractivity contribution in [1.82, 2.24) is 0 Å². The molecule has 1 nitrogen and oxygen atoms in total. The van der Waals surface area contributed by atoms with Crippen LogP contribution in [0.5, 0.6) is 0 Å². The maximum absolute atomic E-state index is 14.0. The molecule has 2 aromatic rings. The highest BCUT2D eigenvalue weighted by Gasteiger charge is 2.12. The number of hydrogen-bond donors (Lipinski definition) is 0. The summed E-state index contributed by atoms with van der Waals surface area (Å²) >= 11 is 4.41. The van der Waals surface area contributed by atoms with Crippen molar-refractivity contribution in [1.29, 1.82) is 0 Å². The van der Waals surface area contributed by atoms with Gasteiger partial charge in [-0.15, -0.1) is 0 Å². The van der Waals surface area contributed by atoms with E-state index in [4.69, 9.17) is 0 Å². The molecule has 0 unspecified atom stereocenters. The number of fused-ring (bicyclic) bond motifs is 1. The zero-order valence-corrected chi connectivity index (χ0v) is 14.5. The number of rotatable bonds is 3. The number of allylic oxidation sites excluding steroid dienone is 1. The van der Waals surface area contributed by atoms with Crippen LogP contribution in [-0.4, -0.2) is 5.16 Å². The molecule has 0 amide bonds. The van der Waals surface area contributed by atoms with Gasteiger partial charge in [0.1, 0.15) is 11.5 Å². The summed E-state index contributed by atoms with van der Waals surface area (Å²) in [5.74, 6) is 4.30. The van der Waals surface area contributed by atoms with E-state index in [9.17, 15) is 8.78 Å². The number of isothiocyanates is 1. The molecule has 1 aliphatic rings. The van der Waals surface area contributed by atoms with Gasteiger partial charge in [-0.1, -0.05) is 42.9 Å². The van der Waals surface area contributed by atoms with Crippen molar-refractivity contribution >= 4 is 29.1 Å². The van der Waals surface area contributed by atoms with Crippen LogP contribution < -0.4 is 0 Å². The van der Waals surface area contributed by atoms with Crippen LogP contribution in [0.4, 0.5) is 14.5 Å². The number of benzene rings is 2. The first-order valence-corrected chi connectivity index (χ1v) is 8.43. The number of halogens is 2. The third-order valence-electron chi connectivity index (χ3n) is 4.04. The second kappa shape index (κ2) is 7.53. The van der Waals surface area contributed by atoms with E-state index in [1.165, 1.54) is 16.7 Å². The molecule has 0 fully saturated rings. The molecule has 1 aliphatic carbocycles. The van der Waals surface area contributed by atoms with Gasteiger partial charge in [0.25, 0.3) is 0 Å². The lowest BCUT2D eigenvalue weighted by Gasteiger charge is -2.01. The van der Waals surface area contributed by atoms with Gasteiger partial charge in [0.15, 0.2) is 5.82 Å². The van der Waals surface area contributed by atoms with Crippen molar-refractivity contribution in [2.45, 2.75) is 26.2 Å². The summed E-state index contributed by atoms with van der Waals surface area (Å²) in [7, 11) is 0. The first-order valence-electron chi connectivity index (χ1n) is 8.02. The fourth-order valence-electron chi connectivity index (χ4n) is 2.88. The van der Waals surface area contributed by atoms with Gasteiger partial charge in [0.05, 0.1) is 10.7 Å². The molecule has 0 atom stereocenters. The summed E-state index contributed by atoms with van der Waals surface area (Å²) in [5, 5.41) is 2.03. The Morgan fingerprint density at radius 3 is 2.72 bits per heavy atom. The third-order valence-corrected chi connectivity index (χ3v) is 4.13. The van der Waals surface area contributed by atoms with Crippen LogP contribution in [0.15, 0.2) is 40.9 Å². The fourth-order valence-corrected chi connectivity index (χ4v) is 2.98. The average Bonchev–Trinajstić information content (AvgIpc) is 2.99. The lowest BCUT2D eigenvalue weighted by atomic mass is 10.0. The van der Waals surface area contributed by atoms with E-state index in [-0.39, 0.29) is 11.3 Å². The summed E-state index contributed by atoms with van der Waals surface area (Å²) < 4.78 is 27.8. The van der Waals surface area contributed by atoms with Crippen LogP contribution in [0.1, 0.15) is 42.0 Å². The average molecular weight is 351 g/mol. The SMILES string of the molecule is CCCC1=Cc2ccc(C#Cc3cc(F)c(N=C=S)cc3F)cc2C1. The predicted octanol–water partition coefficient (Wildman–Crippen LogP) is 5.84. The molecule has 3 rings (SSSR count). The van der Waals surface area contributed by atoms with Gasteiger partial charge in [-0.05, 0) is 54.4 Å². The molecule has 0 aromatic heterocycles. The second-order valence-electron chi connectivity index (χ2n) is 5.88. The van der Waals surface area contributed by atoms with Crippen LogP contribution in [0.3, 0.4) is 0 Å². The zero-order valence-electron chi connectivity index (χ0n) is 13.7. The third kappa shape index (κ3) is 3.91. The van der Waals surface area contributed by atoms with Crippen molar-refractivity contribution in [3.63, 3.8) is 0 Å². The molecule has 0 saturated heterocycles. The highest BCUT2D eigenvalue weighted by Crippen LogP contribution is 2.28. The molecule has 0 N–H and O–H groups in total. The quantitative estimate of drug-likeness (QED) is 0.384. The van der Waals surface area contributed by atoms with E-state index in [0.717, 1.165) is 37.0 Å². The van der Waals surface area contributed by atoms with Crippen molar-refractivity contribution in [2.75, 3.05) is 0 Å². The first-order chi connectivity index (χ1) is 12.1. The van der Waals surface area contributed by atoms with E-state index in [1.54, 1.807) is 0 Å². The predicted molar refractivity (Wildman–Crippen MR) is 100 cm³/mol. The monoisotopic (exact) mass is 351 g/mol. The van der Waals surface area contributed by atoms with Crippen LogP contribution in [-0.2, 0) is 6.42 Å². The van der Waals surface area contributed by atoms with Gasteiger partial charge in [0, 0.05) is 11.6 Å². The van der Waals surface area contributed by atoms with E-state index in [0.29, 0.717) is 0 Å². The second-order valence-corrected chi connectivity index (χ2v) is 6.06. The largest absolute Gasteiger partial charge is 0.206 e. The fraction of sp³-hybridized carbons (Fsp3) is 0.190. The van der Waals surface area contributed by atoms with Gasteiger partial charge in [-0.2, -0.15) is 4.99 Å². The zero-order chi connectivity index (χ0) is 17.8. The van der Waals surface area contributed by atoms with Crippen molar-refractivity contribution in [2.24, 2.45) is 4.99 Å². The molecular formula is C21H15F2NS. The topological polar surface area (TPSA) is 12.4 Å². The summed E-state index contributed by atoms with van der Waals surface area (Å²) in [6, 6.07) is 7.94. The smallest absolute Gasteiger partial charge is 0.151 e. The molecule has 0 spiro atoms.